The second-order valence-electron chi connectivity index (χ2n) is 4.32. The predicted octanol–water partition coefficient (Wildman–Crippen LogP) is 3.21. The van der Waals surface area contributed by atoms with Crippen LogP contribution in [-0.2, 0) is 6.54 Å². The smallest absolute Gasteiger partial charge is 0.174 e. The molecule has 0 amide bonds. The lowest BCUT2D eigenvalue weighted by Crippen LogP contribution is -2.14. The molecule has 0 aliphatic rings. The molecule has 0 saturated heterocycles. The van der Waals surface area contributed by atoms with E-state index in [9.17, 15) is 0 Å². The van der Waals surface area contributed by atoms with Gasteiger partial charge in [-0.3, -0.25) is 0 Å². The SMILES string of the molecule is CSCCCCCNCc1ccc(OCC#N)cc1. The molecule has 0 aliphatic heterocycles. The van der Waals surface area contributed by atoms with Gasteiger partial charge in [0.15, 0.2) is 6.61 Å². The highest BCUT2D eigenvalue weighted by Crippen LogP contribution is 2.11. The first-order valence-electron chi connectivity index (χ1n) is 6.65. The number of nitriles is 1. The van der Waals surface area contributed by atoms with Crippen molar-refractivity contribution in [2.24, 2.45) is 0 Å². The van der Waals surface area contributed by atoms with Gasteiger partial charge in [0.1, 0.15) is 11.8 Å². The van der Waals surface area contributed by atoms with Gasteiger partial charge in [0.25, 0.3) is 0 Å². The largest absolute Gasteiger partial charge is 0.479 e. The zero-order chi connectivity index (χ0) is 13.8. The van der Waals surface area contributed by atoms with Crippen molar-refractivity contribution in [2.45, 2.75) is 25.8 Å². The van der Waals surface area contributed by atoms with Gasteiger partial charge in [0.2, 0.25) is 0 Å². The average molecular weight is 278 g/mol. The highest BCUT2D eigenvalue weighted by Gasteiger charge is 1.95. The van der Waals surface area contributed by atoms with Crippen LogP contribution in [0.1, 0.15) is 24.8 Å². The lowest BCUT2D eigenvalue weighted by atomic mass is 10.2. The Morgan fingerprint density at radius 3 is 2.68 bits per heavy atom. The van der Waals surface area contributed by atoms with Gasteiger partial charge < -0.3 is 10.1 Å². The number of benzene rings is 1. The number of ether oxygens (including phenoxy) is 1. The molecule has 0 aliphatic carbocycles. The summed E-state index contributed by atoms with van der Waals surface area (Å²) in [5.74, 6) is 2.02. The number of nitrogens with zero attached hydrogens (tertiary/aromatic N) is 1. The van der Waals surface area contributed by atoms with E-state index >= 15 is 0 Å². The van der Waals surface area contributed by atoms with Crippen LogP contribution in [0, 0.1) is 11.3 Å². The quantitative estimate of drug-likeness (QED) is 0.668. The Morgan fingerprint density at radius 1 is 1.21 bits per heavy atom. The molecule has 1 aromatic rings. The molecule has 0 heterocycles. The van der Waals surface area contributed by atoms with Gasteiger partial charge in [-0.05, 0) is 49.1 Å². The predicted molar refractivity (Wildman–Crippen MR) is 81.5 cm³/mol. The molecule has 0 atom stereocenters. The van der Waals surface area contributed by atoms with Gasteiger partial charge in [0.05, 0.1) is 0 Å². The van der Waals surface area contributed by atoms with Crippen molar-refractivity contribution in [3.05, 3.63) is 29.8 Å². The summed E-state index contributed by atoms with van der Waals surface area (Å²) in [5.41, 5.74) is 1.24. The van der Waals surface area contributed by atoms with Crippen LogP contribution in [0.4, 0.5) is 0 Å². The van der Waals surface area contributed by atoms with E-state index in [2.05, 4.69) is 11.6 Å². The van der Waals surface area contributed by atoms with E-state index in [0.29, 0.717) is 0 Å². The second-order valence-corrected chi connectivity index (χ2v) is 5.31. The van der Waals surface area contributed by atoms with Crippen LogP contribution in [0.5, 0.6) is 5.75 Å². The summed E-state index contributed by atoms with van der Waals surface area (Å²) in [7, 11) is 0. The first-order valence-corrected chi connectivity index (χ1v) is 8.04. The number of rotatable bonds is 10. The maximum absolute atomic E-state index is 8.42. The van der Waals surface area contributed by atoms with Crippen molar-refractivity contribution in [1.82, 2.24) is 5.32 Å². The Bertz CT molecular complexity index is 373. The van der Waals surface area contributed by atoms with Crippen molar-refractivity contribution in [2.75, 3.05) is 25.2 Å². The maximum Gasteiger partial charge on any atom is 0.174 e. The molecule has 3 nitrogen and oxygen atoms in total. The van der Waals surface area contributed by atoms with Gasteiger partial charge in [0, 0.05) is 6.54 Å². The van der Waals surface area contributed by atoms with Crippen LogP contribution in [0.25, 0.3) is 0 Å². The molecule has 0 spiro atoms. The number of hydrogen-bond acceptors (Lipinski definition) is 4. The zero-order valence-corrected chi connectivity index (χ0v) is 12.3. The third-order valence-corrected chi connectivity index (χ3v) is 3.45. The summed E-state index contributed by atoms with van der Waals surface area (Å²) < 4.78 is 5.21. The third kappa shape index (κ3) is 7.76. The maximum atomic E-state index is 8.42. The van der Waals surface area contributed by atoms with E-state index in [-0.39, 0.29) is 6.61 Å². The number of nitrogens with one attached hydrogen (secondary N) is 1. The van der Waals surface area contributed by atoms with Crippen LogP contribution in [0.15, 0.2) is 24.3 Å². The summed E-state index contributed by atoms with van der Waals surface area (Å²) in [6.07, 6.45) is 6.01. The first kappa shape index (κ1) is 15.9. The Hall–Kier alpha value is -1.18. The summed E-state index contributed by atoms with van der Waals surface area (Å²) in [5, 5.41) is 11.9. The van der Waals surface area contributed by atoms with E-state index < -0.39 is 0 Å². The molecule has 104 valence electrons. The van der Waals surface area contributed by atoms with E-state index in [1.54, 1.807) is 0 Å². The minimum atomic E-state index is 0.105. The number of unbranched alkanes of at least 4 members (excludes halogenated alkanes) is 2. The van der Waals surface area contributed by atoms with Gasteiger partial charge in [-0.25, -0.2) is 0 Å². The van der Waals surface area contributed by atoms with Gasteiger partial charge in [-0.15, -0.1) is 0 Å². The van der Waals surface area contributed by atoms with Crippen LogP contribution in [-0.4, -0.2) is 25.2 Å². The fourth-order valence-corrected chi connectivity index (χ4v) is 2.22. The van der Waals surface area contributed by atoms with Crippen molar-refractivity contribution in [3.8, 4) is 11.8 Å². The molecule has 0 bridgehead atoms. The van der Waals surface area contributed by atoms with Crippen molar-refractivity contribution >= 4 is 11.8 Å². The molecule has 1 aromatic carbocycles. The van der Waals surface area contributed by atoms with Crippen molar-refractivity contribution in [3.63, 3.8) is 0 Å². The van der Waals surface area contributed by atoms with E-state index in [1.807, 2.05) is 42.1 Å². The molecule has 0 saturated carbocycles. The molecule has 19 heavy (non-hydrogen) atoms. The summed E-state index contributed by atoms with van der Waals surface area (Å²) in [4.78, 5) is 0. The molecule has 0 radical (unpaired) electrons. The Labute approximate surface area is 120 Å². The topological polar surface area (TPSA) is 45.0 Å². The molecular weight excluding hydrogens is 256 g/mol. The summed E-state index contributed by atoms with van der Waals surface area (Å²) in [6.45, 7) is 2.07. The number of hydrogen-bond donors (Lipinski definition) is 1. The van der Waals surface area contributed by atoms with E-state index in [0.717, 1.165) is 18.8 Å². The zero-order valence-electron chi connectivity index (χ0n) is 11.5. The van der Waals surface area contributed by atoms with Crippen molar-refractivity contribution < 1.29 is 4.74 Å². The fourth-order valence-electron chi connectivity index (χ4n) is 1.73. The Morgan fingerprint density at radius 2 is 2.00 bits per heavy atom. The first-order chi connectivity index (χ1) is 9.36. The van der Waals surface area contributed by atoms with Gasteiger partial charge in [-0.1, -0.05) is 18.6 Å². The molecule has 4 heteroatoms. The van der Waals surface area contributed by atoms with Crippen LogP contribution < -0.4 is 10.1 Å². The van der Waals surface area contributed by atoms with E-state index in [4.69, 9.17) is 10.00 Å². The minimum Gasteiger partial charge on any atom is -0.479 e. The highest BCUT2D eigenvalue weighted by atomic mass is 32.2. The van der Waals surface area contributed by atoms with Crippen LogP contribution in [0.2, 0.25) is 0 Å². The van der Waals surface area contributed by atoms with Gasteiger partial charge in [-0.2, -0.15) is 17.0 Å². The molecule has 0 unspecified atom stereocenters. The average Bonchev–Trinajstić information content (AvgIpc) is 2.45. The minimum absolute atomic E-state index is 0.105. The molecule has 1 N–H and O–H groups in total. The lowest BCUT2D eigenvalue weighted by molar-refractivity contribution is 0.368. The normalized spacial score (nSPS) is 10.1. The lowest BCUT2D eigenvalue weighted by Gasteiger charge is -2.06. The monoisotopic (exact) mass is 278 g/mol. The fraction of sp³-hybridized carbons (Fsp3) is 0.533. The van der Waals surface area contributed by atoms with Gasteiger partial charge >= 0.3 is 0 Å². The molecule has 0 fully saturated rings. The molecule has 0 aromatic heterocycles. The van der Waals surface area contributed by atoms with Crippen LogP contribution >= 0.6 is 11.8 Å². The Balaban J connectivity index is 2.11. The highest BCUT2D eigenvalue weighted by molar-refractivity contribution is 7.98. The Kier molecular flexibility index (Phi) is 8.95. The second kappa shape index (κ2) is 10.7. The summed E-state index contributed by atoms with van der Waals surface area (Å²) >= 11 is 1.92. The van der Waals surface area contributed by atoms with Crippen molar-refractivity contribution in [1.29, 1.82) is 5.26 Å². The summed E-state index contributed by atoms with van der Waals surface area (Å²) in [6, 6.07) is 9.85. The molecule has 1 rings (SSSR count). The van der Waals surface area contributed by atoms with E-state index in [1.165, 1.54) is 30.6 Å². The standard InChI is InChI=1S/C15H22N2OS/c1-19-12-4-2-3-10-17-13-14-5-7-15(8-6-14)18-11-9-16/h5-8,17H,2-4,10-13H2,1H3. The number of thioether (sulfide) groups is 1. The van der Waals surface area contributed by atoms with Crippen LogP contribution in [0.3, 0.4) is 0 Å². The third-order valence-electron chi connectivity index (χ3n) is 2.76. The molecular formula is C15H22N2OS.